The molecular formula is C7H5F2N3. The van der Waals surface area contributed by atoms with E-state index in [1.165, 1.54) is 16.9 Å². The molecule has 0 atom stereocenters. The summed E-state index contributed by atoms with van der Waals surface area (Å²) in [6.45, 7) is 0. The van der Waals surface area contributed by atoms with Crippen LogP contribution >= 0.6 is 0 Å². The molecule has 0 fully saturated rings. The van der Waals surface area contributed by atoms with E-state index in [2.05, 4.69) is 10.1 Å². The zero-order chi connectivity index (χ0) is 8.55. The first-order valence-corrected chi connectivity index (χ1v) is 3.35. The fraction of sp³-hybridized carbons (Fsp3) is 0.143. The number of fused-ring (bicyclic) bond motifs is 1. The van der Waals surface area contributed by atoms with Crippen LogP contribution in [0.5, 0.6) is 0 Å². The molecule has 0 N–H and O–H groups in total. The van der Waals surface area contributed by atoms with Crippen molar-refractivity contribution in [3.63, 3.8) is 0 Å². The van der Waals surface area contributed by atoms with Gasteiger partial charge in [0.1, 0.15) is 0 Å². The second-order valence-corrected chi connectivity index (χ2v) is 2.32. The van der Waals surface area contributed by atoms with Crippen LogP contribution in [0.4, 0.5) is 8.78 Å². The molecule has 0 aliphatic rings. The molecule has 2 aromatic heterocycles. The first kappa shape index (κ1) is 7.15. The third-order valence-corrected chi connectivity index (χ3v) is 1.52. The molecule has 2 heterocycles. The number of halogens is 2. The zero-order valence-corrected chi connectivity index (χ0v) is 5.98. The molecule has 5 heteroatoms. The molecule has 2 aromatic rings. The van der Waals surface area contributed by atoms with Gasteiger partial charge in [0, 0.05) is 18.5 Å². The van der Waals surface area contributed by atoms with Gasteiger partial charge in [-0.2, -0.15) is 5.10 Å². The predicted molar refractivity (Wildman–Crippen MR) is 37.9 cm³/mol. The van der Waals surface area contributed by atoms with Crippen LogP contribution in [0, 0.1) is 0 Å². The summed E-state index contributed by atoms with van der Waals surface area (Å²) in [5.74, 6) is 0. The average Bonchev–Trinajstić information content (AvgIpc) is 2.49. The highest BCUT2D eigenvalue weighted by Gasteiger charge is 2.07. The Kier molecular flexibility index (Phi) is 1.49. The Morgan fingerprint density at radius 2 is 2.25 bits per heavy atom. The van der Waals surface area contributed by atoms with Gasteiger partial charge in [0.2, 0.25) is 0 Å². The quantitative estimate of drug-likeness (QED) is 0.649. The number of aromatic nitrogens is 3. The van der Waals surface area contributed by atoms with E-state index in [0.29, 0.717) is 5.65 Å². The van der Waals surface area contributed by atoms with Gasteiger partial charge in [-0.05, 0) is 0 Å². The summed E-state index contributed by atoms with van der Waals surface area (Å²) in [6, 6.07) is 1.65. The van der Waals surface area contributed by atoms with Crippen molar-refractivity contribution < 1.29 is 8.78 Å². The second kappa shape index (κ2) is 2.51. The normalized spacial score (nSPS) is 11.2. The summed E-state index contributed by atoms with van der Waals surface area (Å²) < 4.78 is 25.6. The number of alkyl halides is 2. The Morgan fingerprint density at radius 1 is 1.42 bits per heavy atom. The van der Waals surface area contributed by atoms with Gasteiger partial charge in [0.25, 0.3) is 6.43 Å². The van der Waals surface area contributed by atoms with Crippen LogP contribution in [0.1, 0.15) is 12.0 Å². The third kappa shape index (κ3) is 1.03. The molecule has 0 aliphatic carbocycles. The number of hydrogen-bond acceptors (Lipinski definition) is 2. The SMILES string of the molecule is FC(F)c1cnc2ccnn2c1. The lowest BCUT2D eigenvalue weighted by molar-refractivity contribution is 0.150. The van der Waals surface area contributed by atoms with Crippen LogP contribution in [0.2, 0.25) is 0 Å². The first-order chi connectivity index (χ1) is 5.77. The highest BCUT2D eigenvalue weighted by Crippen LogP contribution is 2.16. The molecule has 62 valence electrons. The van der Waals surface area contributed by atoms with Gasteiger partial charge in [-0.1, -0.05) is 0 Å². The van der Waals surface area contributed by atoms with Gasteiger partial charge in [-0.25, -0.2) is 18.3 Å². The fourth-order valence-electron chi connectivity index (χ4n) is 0.937. The topological polar surface area (TPSA) is 30.2 Å². The maximum Gasteiger partial charge on any atom is 0.266 e. The first-order valence-electron chi connectivity index (χ1n) is 3.35. The van der Waals surface area contributed by atoms with E-state index in [0.717, 1.165) is 6.20 Å². The molecule has 0 aromatic carbocycles. The fourth-order valence-corrected chi connectivity index (χ4v) is 0.937. The van der Waals surface area contributed by atoms with E-state index in [1.807, 2.05) is 0 Å². The lowest BCUT2D eigenvalue weighted by Gasteiger charge is -1.98. The molecule has 3 nitrogen and oxygen atoms in total. The van der Waals surface area contributed by atoms with Gasteiger partial charge >= 0.3 is 0 Å². The molecule has 0 saturated heterocycles. The number of hydrogen-bond donors (Lipinski definition) is 0. The van der Waals surface area contributed by atoms with Crippen LogP contribution in [0.15, 0.2) is 24.7 Å². The predicted octanol–water partition coefficient (Wildman–Crippen LogP) is 1.67. The third-order valence-electron chi connectivity index (χ3n) is 1.52. The van der Waals surface area contributed by atoms with Gasteiger partial charge in [-0.15, -0.1) is 0 Å². The Morgan fingerprint density at radius 3 is 3.00 bits per heavy atom. The lowest BCUT2D eigenvalue weighted by Crippen LogP contribution is -1.94. The van der Waals surface area contributed by atoms with E-state index < -0.39 is 6.43 Å². The highest BCUT2D eigenvalue weighted by molar-refractivity contribution is 5.35. The van der Waals surface area contributed by atoms with E-state index in [4.69, 9.17) is 0 Å². The average molecular weight is 169 g/mol. The van der Waals surface area contributed by atoms with Crippen molar-refractivity contribution in [3.05, 3.63) is 30.2 Å². The minimum absolute atomic E-state index is 0.119. The molecule has 0 unspecified atom stereocenters. The summed E-state index contributed by atoms with van der Waals surface area (Å²) in [6.07, 6.45) is 1.44. The largest absolute Gasteiger partial charge is 0.266 e. The Bertz CT molecular complexity index is 396. The summed E-state index contributed by atoms with van der Waals surface area (Å²) in [5, 5.41) is 3.78. The minimum Gasteiger partial charge on any atom is -0.237 e. The summed E-state index contributed by atoms with van der Waals surface area (Å²) in [7, 11) is 0. The van der Waals surface area contributed by atoms with Gasteiger partial charge in [0.05, 0.1) is 11.8 Å². The van der Waals surface area contributed by atoms with Gasteiger partial charge < -0.3 is 0 Å². The lowest BCUT2D eigenvalue weighted by atomic mass is 10.4. The monoisotopic (exact) mass is 169 g/mol. The van der Waals surface area contributed by atoms with E-state index >= 15 is 0 Å². The van der Waals surface area contributed by atoms with Crippen molar-refractivity contribution in [1.29, 1.82) is 0 Å². The smallest absolute Gasteiger partial charge is 0.237 e. The van der Waals surface area contributed by atoms with Crippen molar-refractivity contribution in [1.82, 2.24) is 14.6 Å². The van der Waals surface area contributed by atoms with Crippen molar-refractivity contribution >= 4 is 5.65 Å². The number of nitrogens with zero attached hydrogens (tertiary/aromatic N) is 3. The van der Waals surface area contributed by atoms with E-state index in [9.17, 15) is 8.78 Å². The maximum absolute atomic E-state index is 12.1. The van der Waals surface area contributed by atoms with Crippen molar-refractivity contribution in [3.8, 4) is 0 Å². The Hall–Kier alpha value is -1.52. The van der Waals surface area contributed by atoms with Crippen LogP contribution in [0.25, 0.3) is 5.65 Å². The molecule has 0 radical (unpaired) electrons. The molecule has 0 spiro atoms. The molecule has 0 saturated carbocycles. The van der Waals surface area contributed by atoms with E-state index in [1.54, 1.807) is 6.07 Å². The van der Waals surface area contributed by atoms with Crippen molar-refractivity contribution in [2.45, 2.75) is 6.43 Å². The van der Waals surface area contributed by atoms with Crippen LogP contribution in [0.3, 0.4) is 0 Å². The van der Waals surface area contributed by atoms with E-state index in [-0.39, 0.29) is 5.56 Å². The molecule has 0 amide bonds. The maximum atomic E-state index is 12.1. The molecule has 0 bridgehead atoms. The molecule has 2 rings (SSSR count). The van der Waals surface area contributed by atoms with Crippen LogP contribution in [-0.2, 0) is 0 Å². The summed E-state index contributed by atoms with van der Waals surface area (Å²) in [5.41, 5.74) is 0.450. The second-order valence-electron chi connectivity index (χ2n) is 2.32. The molecule has 0 aliphatic heterocycles. The number of rotatable bonds is 1. The van der Waals surface area contributed by atoms with Crippen LogP contribution < -0.4 is 0 Å². The highest BCUT2D eigenvalue weighted by atomic mass is 19.3. The summed E-state index contributed by atoms with van der Waals surface area (Å²) in [4.78, 5) is 3.78. The zero-order valence-electron chi connectivity index (χ0n) is 5.98. The van der Waals surface area contributed by atoms with Gasteiger partial charge in [-0.3, -0.25) is 0 Å². The minimum atomic E-state index is -2.49. The van der Waals surface area contributed by atoms with Crippen molar-refractivity contribution in [2.24, 2.45) is 0 Å². The Labute approximate surface area is 66.7 Å². The Balaban J connectivity index is 2.60. The standard InChI is InChI=1S/C7H5F2N3/c8-7(9)5-3-10-6-1-2-11-12(6)4-5/h1-4,7H. The van der Waals surface area contributed by atoms with Crippen molar-refractivity contribution in [2.75, 3.05) is 0 Å². The molecule has 12 heavy (non-hydrogen) atoms. The van der Waals surface area contributed by atoms with Gasteiger partial charge in [0.15, 0.2) is 5.65 Å². The van der Waals surface area contributed by atoms with Crippen LogP contribution in [-0.4, -0.2) is 14.6 Å². The molecular weight excluding hydrogens is 164 g/mol. The summed E-state index contributed by atoms with van der Waals surface area (Å²) >= 11 is 0.